The van der Waals surface area contributed by atoms with Crippen molar-refractivity contribution in [2.24, 2.45) is 5.92 Å². The van der Waals surface area contributed by atoms with Crippen molar-refractivity contribution in [3.8, 4) is 0 Å². The summed E-state index contributed by atoms with van der Waals surface area (Å²) in [7, 11) is 0. The Hall–Kier alpha value is -1.71. The molecule has 1 aliphatic heterocycles. The first-order chi connectivity index (χ1) is 10.2. The smallest absolute Gasteiger partial charge is 0.123 e. The van der Waals surface area contributed by atoms with Gasteiger partial charge in [0.1, 0.15) is 11.4 Å². The van der Waals surface area contributed by atoms with Crippen LogP contribution >= 0.6 is 0 Å². The molecule has 1 saturated heterocycles. The summed E-state index contributed by atoms with van der Waals surface area (Å²) in [5, 5.41) is 15.9. The van der Waals surface area contributed by atoms with E-state index in [1.54, 1.807) is 12.1 Å². The van der Waals surface area contributed by atoms with Crippen LogP contribution in [0.25, 0.3) is 0 Å². The van der Waals surface area contributed by atoms with Crippen LogP contribution in [0.15, 0.2) is 54.6 Å². The topological polar surface area (TPSA) is 34.3 Å². The summed E-state index contributed by atoms with van der Waals surface area (Å²) in [6, 6.07) is 15.9. The number of benzene rings is 2. The predicted octanol–water partition coefficient (Wildman–Crippen LogP) is 3.08. The molecule has 2 aromatic carbocycles. The minimum absolute atomic E-state index is 0.0999. The molecule has 3 rings (SSSR count). The van der Waals surface area contributed by atoms with Gasteiger partial charge in [0.2, 0.25) is 0 Å². The lowest BCUT2D eigenvalue weighted by Gasteiger charge is -2.39. The average Bonchev–Trinajstić information content (AvgIpc) is 2.56. The standard InChI is InChI=1S/C18H19FNO/c19-17-8-6-15(7-9-17)18(21,14-4-2-1-3-5-14)16-10-12-20-13-11-16/h1-9,16,21H,10-13H2. The lowest BCUT2D eigenvalue weighted by atomic mass is 9.72. The molecule has 2 nitrogen and oxygen atoms in total. The van der Waals surface area contributed by atoms with Crippen LogP contribution in [0.2, 0.25) is 0 Å². The van der Waals surface area contributed by atoms with Crippen molar-refractivity contribution in [3.63, 3.8) is 0 Å². The van der Waals surface area contributed by atoms with E-state index in [0.717, 1.165) is 37.1 Å². The SMILES string of the molecule is OC(c1ccccc1)(c1ccc(F)cc1)C1CC[N]CC1. The van der Waals surface area contributed by atoms with E-state index in [1.165, 1.54) is 12.1 Å². The Labute approximate surface area is 124 Å². The Morgan fingerprint density at radius 3 is 2.10 bits per heavy atom. The number of piperidine rings is 1. The van der Waals surface area contributed by atoms with E-state index in [1.807, 2.05) is 30.3 Å². The van der Waals surface area contributed by atoms with Crippen LogP contribution in [0.3, 0.4) is 0 Å². The first-order valence-electron chi connectivity index (χ1n) is 7.38. The van der Waals surface area contributed by atoms with E-state index in [4.69, 9.17) is 0 Å². The normalized spacial score (nSPS) is 19.1. The zero-order valence-corrected chi connectivity index (χ0v) is 11.9. The van der Waals surface area contributed by atoms with Gasteiger partial charge < -0.3 is 5.11 Å². The van der Waals surface area contributed by atoms with Crippen LogP contribution in [0.1, 0.15) is 24.0 Å². The molecule has 0 spiro atoms. The van der Waals surface area contributed by atoms with Crippen LogP contribution in [0, 0.1) is 11.7 Å². The molecule has 1 unspecified atom stereocenters. The van der Waals surface area contributed by atoms with Crippen molar-refractivity contribution >= 4 is 0 Å². The van der Waals surface area contributed by atoms with Crippen LogP contribution in [-0.2, 0) is 5.60 Å². The Kier molecular flexibility index (Phi) is 4.04. The van der Waals surface area contributed by atoms with Crippen molar-refractivity contribution in [1.82, 2.24) is 5.32 Å². The molecule has 0 aliphatic carbocycles. The van der Waals surface area contributed by atoms with Crippen molar-refractivity contribution in [2.45, 2.75) is 18.4 Å². The second-order valence-electron chi connectivity index (χ2n) is 5.58. The largest absolute Gasteiger partial charge is 0.380 e. The summed E-state index contributed by atoms with van der Waals surface area (Å²) in [5.41, 5.74) is 0.538. The van der Waals surface area contributed by atoms with Gasteiger partial charge >= 0.3 is 0 Å². The maximum atomic E-state index is 13.2. The monoisotopic (exact) mass is 284 g/mol. The molecule has 0 amide bonds. The number of rotatable bonds is 3. The van der Waals surface area contributed by atoms with Gasteiger partial charge in [-0.25, -0.2) is 9.71 Å². The zero-order chi connectivity index (χ0) is 14.7. The van der Waals surface area contributed by atoms with Gasteiger partial charge in [0.25, 0.3) is 0 Å². The third kappa shape index (κ3) is 2.71. The Morgan fingerprint density at radius 1 is 0.905 bits per heavy atom. The van der Waals surface area contributed by atoms with Crippen molar-refractivity contribution in [3.05, 3.63) is 71.5 Å². The molecule has 0 aromatic heterocycles. The van der Waals surface area contributed by atoms with Gasteiger partial charge in [-0.3, -0.25) is 0 Å². The molecule has 0 saturated carbocycles. The third-order valence-corrected chi connectivity index (χ3v) is 4.36. The molecule has 109 valence electrons. The Bertz CT molecular complexity index is 578. The average molecular weight is 284 g/mol. The van der Waals surface area contributed by atoms with Gasteiger partial charge in [-0.05, 0) is 42.0 Å². The molecular formula is C18H19FNO. The minimum atomic E-state index is -1.08. The molecule has 1 heterocycles. The van der Waals surface area contributed by atoms with Crippen molar-refractivity contribution in [1.29, 1.82) is 0 Å². The Morgan fingerprint density at radius 2 is 1.48 bits per heavy atom. The molecule has 1 fully saturated rings. The van der Waals surface area contributed by atoms with Gasteiger partial charge in [0, 0.05) is 13.1 Å². The molecule has 3 heteroatoms. The highest BCUT2D eigenvalue weighted by atomic mass is 19.1. The lowest BCUT2D eigenvalue weighted by Crippen LogP contribution is -2.41. The molecular weight excluding hydrogens is 265 g/mol. The predicted molar refractivity (Wildman–Crippen MR) is 80.4 cm³/mol. The van der Waals surface area contributed by atoms with Crippen LogP contribution in [0.5, 0.6) is 0 Å². The molecule has 2 aromatic rings. The lowest BCUT2D eigenvalue weighted by molar-refractivity contribution is 0.00194. The summed E-state index contributed by atoms with van der Waals surface area (Å²) in [6.45, 7) is 1.56. The quantitative estimate of drug-likeness (QED) is 0.923. The van der Waals surface area contributed by atoms with E-state index >= 15 is 0 Å². The summed E-state index contributed by atoms with van der Waals surface area (Å²) in [6.07, 6.45) is 1.70. The summed E-state index contributed by atoms with van der Waals surface area (Å²) in [5.74, 6) is -0.185. The van der Waals surface area contributed by atoms with Gasteiger partial charge in [0.05, 0.1) is 0 Å². The fourth-order valence-electron chi connectivity index (χ4n) is 3.20. The first-order valence-corrected chi connectivity index (χ1v) is 7.38. The van der Waals surface area contributed by atoms with Crippen molar-refractivity contribution < 1.29 is 9.50 Å². The van der Waals surface area contributed by atoms with E-state index in [9.17, 15) is 9.50 Å². The fourth-order valence-corrected chi connectivity index (χ4v) is 3.20. The van der Waals surface area contributed by atoms with Gasteiger partial charge in [-0.15, -0.1) is 0 Å². The Balaban J connectivity index is 2.07. The number of aliphatic hydroxyl groups is 1. The molecule has 1 atom stereocenters. The van der Waals surface area contributed by atoms with Crippen LogP contribution < -0.4 is 5.32 Å². The summed E-state index contributed by atoms with van der Waals surface area (Å²) < 4.78 is 13.2. The first kappa shape index (κ1) is 14.2. The van der Waals surface area contributed by atoms with Gasteiger partial charge in [-0.1, -0.05) is 42.5 Å². The molecule has 0 bridgehead atoms. The van der Waals surface area contributed by atoms with Crippen LogP contribution in [0.4, 0.5) is 4.39 Å². The maximum absolute atomic E-state index is 13.2. The fraction of sp³-hybridized carbons (Fsp3) is 0.333. The van der Waals surface area contributed by atoms with Gasteiger partial charge in [-0.2, -0.15) is 0 Å². The second-order valence-corrected chi connectivity index (χ2v) is 5.58. The zero-order valence-electron chi connectivity index (χ0n) is 11.9. The summed E-state index contributed by atoms with van der Waals surface area (Å²) >= 11 is 0. The number of halogens is 1. The number of hydrogen-bond acceptors (Lipinski definition) is 1. The second kappa shape index (κ2) is 5.96. The number of hydrogen-bond donors (Lipinski definition) is 1. The van der Waals surface area contributed by atoms with Crippen molar-refractivity contribution in [2.75, 3.05) is 13.1 Å². The molecule has 21 heavy (non-hydrogen) atoms. The molecule has 1 aliphatic rings. The van der Waals surface area contributed by atoms with E-state index in [0.29, 0.717) is 0 Å². The molecule has 1 N–H and O–H groups in total. The van der Waals surface area contributed by atoms with Crippen LogP contribution in [-0.4, -0.2) is 18.2 Å². The molecule has 1 radical (unpaired) electrons. The van der Waals surface area contributed by atoms with E-state index < -0.39 is 5.60 Å². The highest BCUT2D eigenvalue weighted by molar-refractivity contribution is 5.37. The minimum Gasteiger partial charge on any atom is -0.380 e. The third-order valence-electron chi connectivity index (χ3n) is 4.36. The summed E-state index contributed by atoms with van der Waals surface area (Å²) in [4.78, 5) is 0. The van der Waals surface area contributed by atoms with Gasteiger partial charge in [0.15, 0.2) is 0 Å². The van der Waals surface area contributed by atoms with E-state index in [-0.39, 0.29) is 11.7 Å². The van der Waals surface area contributed by atoms with E-state index in [2.05, 4.69) is 5.32 Å². The highest BCUT2D eigenvalue weighted by Crippen LogP contribution is 2.41. The highest BCUT2D eigenvalue weighted by Gasteiger charge is 2.40. The number of nitrogens with zero attached hydrogens (tertiary/aromatic N) is 1. The maximum Gasteiger partial charge on any atom is 0.123 e.